The third-order valence-corrected chi connectivity index (χ3v) is 13.1. The van der Waals surface area contributed by atoms with E-state index in [0.29, 0.717) is 59.9 Å². The van der Waals surface area contributed by atoms with Gasteiger partial charge in [0.05, 0.1) is 59.3 Å². The summed E-state index contributed by atoms with van der Waals surface area (Å²) in [5, 5.41) is 19.2. The summed E-state index contributed by atoms with van der Waals surface area (Å²) in [6, 6.07) is 6.49. The zero-order chi connectivity index (χ0) is 45.6. The maximum atomic E-state index is 14.4. The number of aromatic nitrogens is 2. The van der Waals surface area contributed by atoms with E-state index in [1.54, 1.807) is 44.0 Å². The van der Waals surface area contributed by atoms with E-state index >= 15 is 0 Å². The van der Waals surface area contributed by atoms with E-state index in [1.165, 1.54) is 21.7 Å². The first-order valence-electron chi connectivity index (χ1n) is 20.4. The fraction of sp³-hybridized carbons (Fsp3) is 0.537. The summed E-state index contributed by atoms with van der Waals surface area (Å²) in [5.41, 5.74) is -1.82. The average molecular weight is 906 g/mol. The highest BCUT2D eigenvalue weighted by atomic mass is 32.2. The van der Waals surface area contributed by atoms with Gasteiger partial charge in [-0.1, -0.05) is 12.1 Å². The predicted molar refractivity (Wildman–Crippen MR) is 214 cm³/mol. The predicted octanol–water partition coefficient (Wildman–Crippen LogP) is 5.55. The van der Waals surface area contributed by atoms with Crippen LogP contribution in [0.15, 0.2) is 41.3 Å². The number of amides is 6. The molecule has 15 nitrogen and oxygen atoms in total. The molecule has 4 fully saturated rings. The molecule has 1 unspecified atom stereocenters. The van der Waals surface area contributed by atoms with E-state index in [4.69, 9.17) is 10.00 Å². The molecule has 3 aromatic rings. The molecule has 0 spiro atoms. The second-order valence-corrected chi connectivity index (χ2v) is 17.6. The van der Waals surface area contributed by atoms with Crippen LogP contribution >= 0.6 is 11.9 Å². The minimum Gasteiger partial charge on any atom is -0.377 e. The van der Waals surface area contributed by atoms with E-state index in [1.807, 2.05) is 0 Å². The fourth-order valence-corrected chi connectivity index (χ4v) is 9.92. The molecule has 63 heavy (non-hydrogen) atoms. The number of rotatable bonds is 11. The first-order valence-corrected chi connectivity index (χ1v) is 21.2. The van der Waals surface area contributed by atoms with Crippen molar-refractivity contribution in [3.8, 4) is 6.07 Å². The number of anilines is 1. The number of hydrogen-bond donors (Lipinski definition) is 2. The largest absolute Gasteiger partial charge is 0.417 e. The fourth-order valence-electron chi connectivity index (χ4n) is 8.94. The van der Waals surface area contributed by atoms with Crippen molar-refractivity contribution >= 4 is 58.2 Å². The van der Waals surface area contributed by atoms with E-state index in [0.717, 1.165) is 21.3 Å². The van der Waals surface area contributed by atoms with Crippen LogP contribution in [0, 0.1) is 11.3 Å². The minimum atomic E-state index is -4.82. The van der Waals surface area contributed by atoms with Gasteiger partial charge in [0, 0.05) is 56.0 Å². The molecule has 1 aliphatic carbocycles. The maximum absolute atomic E-state index is 14.4. The monoisotopic (exact) mass is 905 g/mol. The van der Waals surface area contributed by atoms with Crippen LogP contribution < -0.4 is 10.6 Å². The molecule has 1 aromatic heterocycles. The Balaban J connectivity index is 0.897. The number of aryl methyl sites for hydroxylation is 1. The second kappa shape index (κ2) is 17.7. The normalized spacial score (nSPS) is 23.9. The minimum absolute atomic E-state index is 0.0364. The van der Waals surface area contributed by atoms with Gasteiger partial charge in [-0.2, -0.15) is 41.0 Å². The van der Waals surface area contributed by atoms with Crippen molar-refractivity contribution < 1.29 is 55.1 Å². The Morgan fingerprint density at radius 1 is 1.03 bits per heavy atom. The molecule has 2 atom stereocenters. The van der Waals surface area contributed by atoms with E-state index < -0.39 is 71.3 Å². The SMILES string of the molecule is Cn1nc(C2CCC(=O)NC2=O)c2cccc(NC(=O)CN3CCN(CCOC4CCC(N5C(=O)N(Sc6ccc(C#N)c(C(F)(F)F)c6)C(=O)C5(C)C)CC4)C[C@@H]3C(F)(F)F)c21. The number of halogens is 6. The Bertz CT molecular complexity index is 2340. The molecule has 0 radical (unpaired) electrons. The second-order valence-electron chi connectivity index (χ2n) is 16.6. The highest BCUT2D eigenvalue weighted by Gasteiger charge is 2.55. The highest BCUT2D eigenvalue weighted by molar-refractivity contribution is 7.98. The number of carbonyl (C=O) groups is 5. The van der Waals surface area contributed by atoms with Crippen LogP contribution in [0.3, 0.4) is 0 Å². The summed E-state index contributed by atoms with van der Waals surface area (Å²) in [6.07, 6.45) is -7.40. The van der Waals surface area contributed by atoms with Crippen LogP contribution in [0.1, 0.15) is 75.1 Å². The molecular formula is C41H45F6N9O6S. The Kier molecular flexibility index (Phi) is 12.9. The Hall–Kier alpha value is -5.24. The summed E-state index contributed by atoms with van der Waals surface area (Å²) < 4.78 is 92.5. The molecular weight excluding hydrogens is 861 g/mol. The smallest absolute Gasteiger partial charge is 0.377 e. The number of urea groups is 1. The number of fused-ring (bicyclic) bond motifs is 1. The number of imide groups is 2. The molecule has 4 aliphatic rings. The van der Waals surface area contributed by atoms with Gasteiger partial charge in [-0.05, 0) is 82.2 Å². The summed E-state index contributed by atoms with van der Waals surface area (Å²) in [5.74, 6) is -2.78. The number of carbonyl (C=O) groups excluding carboxylic acids is 5. The number of nitriles is 1. The lowest BCUT2D eigenvalue weighted by molar-refractivity contribution is -0.197. The number of hydrogen-bond acceptors (Lipinski definition) is 11. The number of piperidine rings is 1. The topological polar surface area (TPSA) is 173 Å². The lowest BCUT2D eigenvalue weighted by Crippen LogP contribution is -2.60. The van der Waals surface area contributed by atoms with Crippen molar-refractivity contribution in [3.63, 3.8) is 0 Å². The first kappa shape index (κ1) is 45.8. The molecule has 4 heterocycles. The molecule has 2 N–H and O–H groups in total. The summed E-state index contributed by atoms with van der Waals surface area (Å²) in [6.45, 7) is 2.78. The van der Waals surface area contributed by atoms with Gasteiger partial charge in [-0.3, -0.25) is 39.0 Å². The van der Waals surface area contributed by atoms with Gasteiger partial charge in [0.25, 0.3) is 5.91 Å². The lowest BCUT2D eigenvalue weighted by atomic mass is 9.89. The number of benzene rings is 2. The van der Waals surface area contributed by atoms with Crippen LogP contribution in [-0.2, 0) is 37.1 Å². The molecule has 22 heteroatoms. The zero-order valence-corrected chi connectivity index (χ0v) is 35.3. The van der Waals surface area contributed by atoms with Gasteiger partial charge in [0.2, 0.25) is 17.7 Å². The average Bonchev–Trinajstić information content (AvgIpc) is 3.63. The summed E-state index contributed by atoms with van der Waals surface area (Å²) in [7, 11) is 1.63. The molecule has 3 aliphatic heterocycles. The number of piperazine rings is 1. The number of alkyl halides is 6. The molecule has 1 saturated carbocycles. The molecule has 2 aromatic carbocycles. The van der Waals surface area contributed by atoms with E-state index in [2.05, 4.69) is 15.7 Å². The van der Waals surface area contributed by atoms with Crippen molar-refractivity contribution in [1.82, 2.24) is 34.1 Å². The quantitative estimate of drug-likeness (QED) is 0.107. The third kappa shape index (κ3) is 9.51. The van der Waals surface area contributed by atoms with E-state index in [9.17, 15) is 50.3 Å². The third-order valence-electron chi connectivity index (χ3n) is 12.1. The molecule has 3 saturated heterocycles. The van der Waals surface area contributed by atoms with Crippen LogP contribution in [0.25, 0.3) is 10.9 Å². The molecule has 6 amide bonds. The van der Waals surface area contributed by atoms with Crippen LogP contribution in [0.5, 0.6) is 0 Å². The van der Waals surface area contributed by atoms with Gasteiger partial charge in [-0.15, -0.1) is 0 Å². The van der Waals surface area contributed by atoms with Crippen LogP contribution in [-0.4, -0.2) is 128 Å². The Morgan fingerprint density at radius 2 is 1.76 bits per heavy atom. The van der Waals surface area contributed by atoms with Gasteiger partial charge in [0.1, 0.15) is 11.6 Å². The van der Waals surface area contributed by atoms with Crippen LogP contribution in [0.2, 0.25) is 0 Å². The standard InChI is InChI=1S/C41H45F6N9O6S/c1-39(2)37(60)56(63-26-12-7-23(20-48)29(19-26)40(42,43)44)38(61)55(39)24-8-10-25(11-9-24)62-18-17-53-15-16-54(31(21-53)41(45,46)47)22-33(58)49-30-6-4-5-27-34(51-52(3)35(27)30)28-13-14-32(57)50-36(28)59/h4-7,12,19,24-25,28,31H,8-11,13-18,21-22H2,1-3H3,(H,49,58)(H,50,57,59)/t24?,25?,28?,31-/m1/s1. The molecule has 0 bridgehead atoms. The molecule has 338 valence electrons. The van der Waals surface area contributed by atoms with Crippen molar-refractivity contribution in [2.24, 2.45) is 7.05 Å². The molecule has 7 rings (SSSR count). The summed E-state index contributed by atoms with van der Waals surface area (Å²) >= 11 is 0.562. The first-order chi connectivity index (χ1) is 29.7. The van der Waals surface area contributed by atoms with Crippen molar-refractivity contribution in [2.75, 3.05) is 44.6 Å². The highest BCUT2D eigenvalue weighted by Crippen LogP contribution is 2.42. The number of para-hydroxylation sites is 1. The van der Waals surface area contributed by atoms with Crippen molar-refractivity contribution in [2.45, 2.75) is 99.3 Å². The van der Waals surface area contributed by atoms with Gasteiger partial charge >= 0.3 is 18.4 Å². The Morgan fingerprint density at radius 3 is 2.43 bits per heavy atom. The van der Waals surface area contributed by atoms with Gasteiger partial charge < -0.3 is 15.0 Å². The maximum Gasteiger partial charge on any atom is 0.417 e. The van der Waals surface area contributed by atoms with Gasteiger partial charge in [-0.25, -0.2) is 4.79 Å². The van der Waals surface area contributed by atoms with Gasteiger partial charge in [0.15, 0.2) is 0 Å². The van der Waals surface area contributed by atoms with E-state index in [-0.39, 0.29) is 68.6 Å². The Labute approximate surface area is 362 Å². The van der Waals surface area contributed by atoms with Crippen molar-refractivity contribution in [1.29, 1.82) is 5.26 Å². The van der Waals surface area contributed by atoms with Crippen LogP contribution in [0.4, 0.5) is 36.8 Å². The number of nitrogens with one attached hydrogen (secondary N) is 2. The zero-order valence-electron chi connectivity index (χ0n) is 34.5. The lowest BCUT2D eigenvalue weighted by Gasteiger charge is -2.42. The number of nitrogens with zero attached hydrogens (tertiary/aromatic N) is 7. The number of ether oxygens (including phenoxy) is 1. The van der Waals surface area contributed by atoms with Crippen molar-refractivity contribution in [3.05, 3.63) is 53.2 Å². The summed E-state index contributed by atoms with van der Waals surface area (Å²) in [4.78, 5) is 68.8.